The largest absolute Gasteiger partial charge is 0.419 e. The first kappa shape index (κ1) is 22.5. The predicted octanol–water partition coefficient (Wildman–Crippen LogP) is 5.58. The van der Waals surface area contributed by atoms with Crippen LogP contribution in [0.25, 0.3) is 10.9 Å². The molecule has 0 atom stereocenters. The van der Waals surface area contributed by atoms with Crippen LogP contribution in [0.1, 0.15) is 48.2 Å². The minimum Gasteiger partial charge on any atom is -0.311 e. The van der Waals surface area contributed by atoms with E-state index in [4.69, 9.17) is 0 Å². The number of pyridine rings is 1. The zero-order valence-corrected chi connectivity index (χ0v) is 17.5. The molecule has 0 aliphatic heterocycles. The monoisotopic (exact) mass is 434 g/mol. The number of hydrogen-bond donors (Lipinski definition) is 0. The van der Waals surface area contributed by atoms with Crippen LogP contribution in [0.2, 0.25) is 0 Å². The highest BCUT2D eigenvalue weighted by atomic mass is 19.4. The molecule has 0 spiro atoms. The molecule has 1 aromatic heterocycles. The second-order valence-corrected chi connectivity index (χ2v) is 7.59. The Labute approximate surface area is 176 Å². The Hall–Kier alpha value is -3.16. The number of nitrogens with zero attached hydrogens (tertiary/aromatic N) is 2. The molecule has 8 heteroatoms. The zero-order valence-electron chi connectivity index (χ0n) is 17.5. The molecule has 0 fully saturated rings. The molecule has 0 saturated carbocycles. The number of aromatic nitrogens is 1. The fraction of sp³-hybridized carbons (Fsp3) is 0.304. The summed E-state index contributed by atoms with van der Waals surface area (Å²) in [6.07, 6.45) is -4.81. The maximum atomic E-state index is 14.0. The number of anilines is 1. The van der Waals surface area contributed by atoms with Gasteiger partial charge in [0.15, 0.2) is 0 Å². The van der Waals surface area contributed by atoms with E-state index >= 15 is 0 Å². The number of fused-ring (bicyclic) bond motifs is 1. The lowest BCUT2D eigenvalue weighted by molar-refractivity contribution is -0.139. The molecule has 0 unspecified atom stereocenters. The smallest absolute Gasteiger partial charge is 0.311 e. The average molecular weight is 434 g/mol. The summed E-state index contributed by atoms with van der Waals surface area (Å²) in [6.45, 7) is 6.19. The first-order chi connectivity index (χ1) is 14.5. The van der Waals surface area contributed by atoms with Crippen molar-refractivity contribution in [1.29, 1.82) is 0 Å². The fourth-order valence-electron chi connectivity index (χ4n) is 3.60. The van der Waals surface area contributed by atoms with Gasteiger partial charge in [-0.3, -0.25) is 9.59 Å². The number of benzene rings is 2. The number of hydrogen-bond acceptors (Lipinski definition) is 2. The number of amides is 1. The van der Waals surface area contributed by atoms with E-state index in [-0.39, 0.29) is 22.7 Å². The van der Waals surface area contributed by atoms with Crippen LogP contribution in [0.5, 0.6) is 0 Å². The number of carbonyl (C=O) groups excluding carboxylic acids is 1. The summed E-state index contributed by atoms with van der Waals surface area (Å²) in [5.74, 6) is -1.92. The third-order valence-electron chi connectivity index (χ3n) is 5.28. The Bertz CT molecular complexity index is 1210. The number of aryl methyl sites for hydroxylation is 1. The first-order valence-corrected chi connectivity index (χ1v) is 9.78. The number of halogens is 4. The van der Waals surface area contributed by atoms with Crippen LogP contribution >= 0.6 is 0 Å². The zero-order chi connectivity index (χ0) is 23.1. The lowest BCUT2D eigenvalue weighted by atomic mass is 9.97. The van der Waals surface area contributed by atoms with Gasteiger partial charge in [-0.1, -0.05) is 13.8 Å². The van der Waals surface area contributed by atoms with Crippen LogP contribution < -0.4 is 10.5 Å². The van der Waals surface area contributed by atoms with Crippen molar-refractivity contribution in [3.8, 4) is 0 Å². The minimum absolute atomic E-state index is 0.00166. The van der Waals surface area contributed by atoms with Gasteiger partial charge in [0.05, 0.1) is 11.1 Å². The van der Waals surface area contributed by atoms with Gasteiger partial charge in [-0.05, 0) is 54.8 Å². The van der Waals surface area contributed by atoms with Crippen LogP contribution in [0, 0.1) is 5.82 Å². The summed E-state index contributed by atoms with van der Waals surface area (Å²) in [5, 5.41) is 0.745. The standard InChI is InChI=1S/C23H22F4N2O2/c1-5-29-20-9-6-14(10-17(20)16(13(2)3)12-21(29)30)22(31)28(4)15-7-8-18(19(24)11-15)23(25,26)27/h6-13H,5H2,1-4H3. The Morgan fingerprint density at radius 1 is 1.10 bits per heavy atom. The van der Waals surface area contributed by atoms with Crippen LogP contribution in [-0.4, -0.2) is 17.5 Å². The average Bonchev–Trinajstić information content (AvgIpc) is 2.70. The number of rotatable bonds is 4. The molecule has 3 aromatic rings. The second-order valence-electron chi connectivity index (χ2n) is 7.59. The van der Waals surface area contributed by atoms with E-state index in [0.29, 0.717) is 24.2 Å². The van der Waals surface area contributed by atoms with Crippen molar-refractivity contribution in [2.24, 2.45) is 0 Å². The topological polar surface area (TPSA) is 42.3 Å². The van der Waals surface area contributed by atoms with E-state index in [1.807, 2.05) is 20.8 Å². The molecule has 31 heavy (non-hydrogen) atoms. The lowest BCUT2D eigenvalue weighted by Gasteiger charge is -2.20. The highest BCUT2D eigenvalue weighted by molar-refractivity contribution is 6.07. The molecule has 2 aromatic carbocycles. The van der Waals surface area contributed by atoms with Crippen LogP contribution in [0.15, 0.2) is 47.3 Å². The molecule has 164 valence electrons. The molecule has 0 aliphatic rings. The van der Waals surface area contributed by atoms with Crippen molar-refractivity contribution in [2.75, 3.05) is 11.9 Å². The molecule has 1 amide bonds. The van der Waals surface area contributed by atoms with Gasteiger partial charge < -0.3 is 9.47 Å². The number of alkyl halides is 3. The van der Waals surface area contributed by atoms with Crippen molar-refractivity contribution in [3.63, 3.8) is 0 Å². The van der Waals surface area contributed by atoms with Gasteiger partial charge in [-0.2, -0.15) is 13.2 Å². The van der Waals surface area contributed by atoms with Gasteiger partial charge in [-0.15, -0.1) is 0 Å². The van der Waals surface area contributed by atoms with Gasteiger partial charge in [-0.25, -0.2) is 4.39 Å². The molecule has 0 radical (unpaired) electrons. The summed E-state index contributed by atoms with van der Waals surface area (Å²) >= 11 is 0. The summed E-state index contributed by atoms with van der Waals surface area (Å²) in [5.41, 5.74) is 0.245. The predicted molar refractivity (Wildman–Crippen MR) is 112 cm³/mol. The Kier molecular flexibility index (Phi) is 5.93. The van der Waals surface area contributed by atoms with E-state index in [0.717, 1.165) is 21.9 Å². The van der Waals surface area contributed by atoms with Crippen molar-refractivity contribution >= 4 is 22.5 Å². The SMILES string of the molecule is CCn1c(=O)cc(C(C)C)c2cc(C(=O)N(C)c3ccc(C(F)(F)F)c(F)c3)ccc21. The molecule has 4 nitrogen and oxygen atoms in total. The van der Waals surface area contributed by atoms with Crippen LogP contribution in [0.3, 0.4) is 0 Å². The highest BCUT2D eigenvalue weighted by Crippen LogP contribution is 2.33. The van der Waals surface area contributed by atoms with Crippen molar-refractivity contribution in [3.05, 3.63) is 75.3 Å². The van der Waals surface area contributed by atoms with E-state index in [9.17, 15) is 27.2 Å². The normalized spacial score (nSPS) is 11.9. The Morgan fingerprint density at radius 3 is 2.32 bits per heavy atom. The van der Waals surface area contributed by atoms with E-state index in [1.54, 1.807) is 28.8 Å². The molecule has 0 saturated heterocycles. The van der Waals surface area contributed by atoms with E-state index in [2.05, 4.69) is 0 Å². The van der Waals surface area contributed by atoms with Crippen molar-refractivity contribution in [1.82, 2.24) is 4.57 Å². The van der Waals surface area contributed by atoms with Gasteiger partial charge in [0.1, 0.15) is 5.82 Å². The summed E-state index contributed by atoms with van der Waals surface area (Å²) in [7, 11) is 1.37. The Morgan fingerprint density at radius 2 is 1.77 bits per heavy atom. The van der Waals surface area contributed by atoms with Gasteiger partial charge >= 0.3 is 6.18 Å². The molecule has 3 rings (SSSR count). The third-order valence-corrected chi connectivity index (χ3v) is 5.28. The quantitative estimate of drug-likeness (QED) is 0.503. The van der Waals surface area contributed by atoms with Gasteiger partial charge in [0.25, 0.3) is 11.5 Å². The summed E-state index contributed by atoms with van der Waals surface area (Å²) in [4.78, 5) is 26.5. The second kappa shape index (κ2) is 8.17. The molecule has 1 heterocycles. The third kappa shape index (κ3) is 4.19. The molecule has 0 aliphatic carbocycles. The molecular formula is C23H22F4N2O2. The minimum atomic E-state index is -4.81. The molecular weight excluding hydrogens is 412 g/mol. The Balaban J connectivity index is 2.06. The first-order valence-electron chi connectivity index (χ1n) is 9.78. The fourth-order valence-corrected chi connectivity index (χ4v) is 3.60. The lowest BCUT2D eigenvalue weighted by Crippen LogP contribution is -2.27. The number of carbonyl (C=O) groups is 1. The van der Waals surface area contributed by atoms with E-state index in [1.165, 1.54) is 7.05 Å². The maximum absolute atomic E-state index is 14.0. The van der Waals surface area contributed by atoms with Gasteiger partial charge in [0.2, 0.25) is 0 Å². The van der Waals surface area contributed by atoms with Crippen LogP contribution in [0.4, 0.5) is 23.2 Å². The maximum Gasteiger partial charge on any atom is 0.419 e. The van der Waals surface area contributed by atoms with Crippen molar-refractivity contribution in [2.45, 2.75) is 39.4 Å². The summed E-state index contributed by atoms with van der Waals surface area (Å²) in [6, 6.07) is 8.81. The summed E-state index contributed by atoms with van der Waals surface area (Å²) < 4.78 is 54.0. The van der Waals surface area contributed by atoms with Gasteiger partial charge in [0, 0.05) is 36.3 Å². The van der Waals surface area contributed by atoms with Crippen molar-refractivity contribution < 1.29 is 22.4 Å². The highest BCUT2D eigenvalue weighted by Gasteiger charge is 2.34. The van der Waals surface area contributed by atoms with Crippen LogP contribution in [-0.2, 0) is 12.7 Å². The molecule has 0 N–H and O–H groups in total. The van der Waals surface area contributed by atoms with E-state index < -0.39 is 23.5 Å². The molecule has 0 bridgehead atoms.